The smallest absolute Gasteiger partial charge is 0.408 e. The van der Waals surface area contributed by atoms with Crippen LogP contribution in [0.1, 0.15) is 29.2 Å². The maximum atomic E-state index is 11.8. The van der Waals surface area contributed by atoms with Gasteiger partial charge in [-0.15, -0.1) is 22.9 Å². The highest BCUT2D eigenvalue weighted by Gasteiger charge is 2.15. The van der Waals surface area contributed by atoms with E-state index < -0.39 is 0 Å². The highest BCUT2D eigenvalue weighted by Crippen LogP contribution is 2.33. The number of aryl methyl sites for hydroxylation is 1. The summed E-state index contributed by atoms with van der Waals surface area (Å²) in [5.41, 5.74) is 2.37. The second kappa shape index (κ2) is 5.46. The molecule has 0 aliphatic carbocycles. The van der Waals surface area contributed by atoms with Crippen molar-refractivity contribution in [3.63, 3.8) is 0 Å². The van der Waals surface area contributed by atoms with Crippen LogP contribution in [0.25, 0.3) is 11.1 Å². The number of aromatic nitrogens is 1. The topological polar surface area (TPSA) is 35.1 Å². The van der Waals surface area contributed by atoms with E-state index in [1.54, 1.807) is 15.9 Å². The average Bonchev–Trinajstić information content (AvgIpc) is 3.07. The molecule has 1 aromatic carbocycles. The summed E-state index contributed by atoms with van der Waals surface area (Å²) in [6.45, 7) is 2.70. The first-order valence-electron chi connectivity index (χ1n) is 6.51. The van der Waals surface area contributed by atoms with Gasteiger partial charge in [-0.2, -0.15) is 0 Å². The van der Waals surface area contributed by atoms with E-state index in [0.29, 0.717) is 12.1 Å². The van der Waals surface area contributed by atoms with Crippen LogP contribution < -0.4 is 5.76 Å². The van der Waals surface area contributed by atoms with Gasteiger partial charge in [-0.1, -0.05) is 19.1 Å². The molecule has 0 spiro atoms. The second-order valence-electron chi connectivity index (χ2n) is 4.62. The lowest BCUT2D eigenvalue weighted by molar-refractivity contribution is 0.502. The van der Waals surface area contributed by atoms with Crippen molar-refractivity contribution < 1.29 is 4.42 Å². The summed E-state index contributed by atoms with van der Waals surface area (Å²) in [6.07, 6.45) is 0.892. The van der Waals surface area contributed by atoms with Gasteiger partial charge in [0.1, 0.15) is 0 Å². The molecular weight excluding hydrogens is 294 g/mol. The molecule has 0 aliphatic heterocycles. The highest BCUT2D eigenvalue weighted by molar-refractivity contribution is 7.10. The van der Waals surface area contributed by atoms with Crippen LogP contribution in [-0.2, 0) is 6.54 Å². The Morgan fingerprint density at radius 2 is 2.25 bits per heavy atom. The quantitative estimate of drug-likeness (QED) is 0.670. The zero-order chi connectivity index (χ0) is 14.1. The van der Waals surface area contributed by atoms with Crippen LogP contribution in [0.4, 0.5) is 0 Å². The lowest BCUT2D eigenvalue weighted by Gasteiger charge is -2.07. The van der Waals surface area contributed by atoms with Gasteiger partial charge in [-0.3, -0.25) is 4.57 Å². The van der Waals surface area contributed by atoms with Crippen LogP contribution in [0.15, 0.2) is 44.9 Å². The molecule has 0 amide bonds. The normalized spacial score (nSPS) is 12.9. The molecule has 0 radical (unpaired) electrons. The number of fused-ring (bicyclic) bond motifs is 1. The molecule has 104 valence electrons. The molecule has 2 aromatic heterocycles. The first-order valence-corrected chi connectivity index (χ1v) is 7.83. The maximum absolute atomic E-state index is 11.8. The summed E-state index contributed by atoms with van der Waals surface area (Å²) < 4.78 is 6.97. The van der Waals surface area contributed by atoms with Crippen molar-refractivity contribution in [3.05, 3.63) is 56.7 Å². The Hall–Kier alpha value is -1.52. The van der Waals surface area contributed by atoms with Crippen LogP contribution in [0.5, 0.6) is 0 Å². The van der Waals surface area contributed by atoms with Gasteiger partial charge >= 0.3 is 5.76 Å². The summed E-state index contributed by atoms with van der Waals surface area (Å²) in [5.74, 6) is -0.304. The fraction of sp³-hybridized carbons (Fsp3) is 0.267. The monoisotopic (exact) mass is 307 g/mol. The predicted octanol–water partition coefficient (Wildman–Crippen LogP) is 4.39. The zero-order valence-corrected chi connectivity index (χ0v) is 12.6. The molecule has 0 saturated heterocycles. The van der Waals surface area contributed by atoms with Gasteiger partial charge in [0, 0.05) is 11.4 Å². The average molecular weight is 308 g/mol. The summed E-state index contributed by atoms with van der Waals surface area (Å²) in [6, 6.07) is 9.71. The minimum absolute atomic E-state index is 0.209. The maximum Gasteiger partial charge on any atom is 0.419 e. The SMILES string of the molecule is CCCn1c(=O)oc2cc(C(Cl)c3cccs3)ccc21. The fourth-order valence-electron chi connectivity index (χ4n) is 2.28. The van der Waals surface area contributed by atoms with E-state index >= 15 is 0 Å². The van der Waals surface area contributed by atoms with Gasteiger partial charge in [0.2, 0.25) is 0 Å². The molecule has 1 unspecified atom stereocenters. The minimum atomic E-state index is -0.304. The molecule has 0 fully saturated rings. The molecule has 0 bridgehead atoms. The van der Waals surface area contributed by atoms with Gasteiger partial charge in [-0.25, -0.2) is 4.79 Å². The van der Waals surface area contributed by atoms with E-state index in [1.807, 2.05) is 42.6 Å². The van der Waals surface area contributed by atoms with Crippen LogP contribution in [0, 0.1) is 0 Å². The first-order chi connectivity index (χ1) is 9.70. The number of hydrogen-bond acceptors (Lipinski definition) is 3. The Kier molecular flexibility index (Phi) is 3.68. The lowest BCUT2D eigenvalue weighted by atomic mass is 10.1. The van der Waals surface area contributed by atoms with Crippen LogP contribution in [0.2, 0.25) is 0 Å². The number of hydrogen-bond donors (Lipinski definition) is 0. The van der Waals surface area contributed by atoms with Crippen LogP contribution in [-0.4, -0.2) is 4.57 Å². The predicted molar refractivity (Wildman–Crippen MR) is 82.8 cm³/mol. The molecule has 0 aliphatic rings. The van der Waals surface area contributed by atoms with Crippen molar-refractivity contribution in [3.8, 4) is 0 Å². The van der Waals surface area contributed by atoms with Crippen molar-refractivity contribution >= 4 is 34.0 Å². The molecule has 0 N–H and O–H groups in total. The van der Waals surface area contributed by atoms with Crippen LogP contribution in [0.3, 0.4) is 0 Å². The molecule has 3 nitrogen and oxygen atoms in total. The first kappa shape index (κ1) is 13.5. The Morgan fingerprint density at radius 1 is 1.40 bits per heavy atom. The van der Waals surface area contributed by atoms with Gasteiger partial charge in [0.25, 0.3) is 0 Å². The number of rotatable bonds is 4. The Morgan fingerprint density at radius 3 is 2.95 bits per heavy atom. The number of oxazole rings is 1. The molecular formula is C15H14ClNO2S. The molecule has 0 saturated carbocycles. The lowest BCUT2D eigenvalue weighted by Crippen LogP contribution is -2.13. The van der Waals surface area contributed by atoms with E-state index in [9.17, 15) is 4.79 Å². The highest BCUT2D eigenvalue weighted by atomic mass is 35.5. The summed E-state index contributed by atoms with van der Waals surface area (Å²) in [4.78, 5) is 12.9. The van der Waals surface area contributed by atoms with Crippen molar-refractivity contribution in [2.24, 2.45) is 0 Å². The zero-order valence-electron chi connectivity index (χ0n) is 11.0. The fourth-order valence-corrected chi connectivity index (χ4v) is 3.37. The Labute approximate surface area is 125 Å². The van der Waals surface area contributed by atoms with Gasteiger partial charge in [-0.05, 0) is 35.6 Å². The summed E-state index contributed by atoms with van der Waals surface area (Å²) >= 11 is 8.08. The van der Waals surface area contributed by atoms with Crippen LogP contribution >= 0.6 is 22.9 Å². The number of nitrogens with zero attached hydrogens (tertiary/aromatic N) is 1. The van der Waals surface area contributed by atoms with E-state index in [4.69, 9.17) is 16.0 Å². The Balaban J connectivity index is 2.06. The minimum Gasteiger partial charge on any atom is -0.408 e. The number of halogens is 1. The van der Waals surface area contributed by atoms with Gasteiger partial charge in [0.05, 0.1) is 10.9 Å². The van der Waals surface area contributed by atoms with Gasteiger partial charge in [0.15, 0.2) is 5.58 Å². The number of thiophene rings is 1. The third kappa shape index (κ3) is 2.30. The van der Waals surface area contributed by atoms with E-state index in [1.165, 1.54) is 0 Å². The molecule has 5 heteroatoms. The molecule has 2 heterocycles. The number of benzene rings is 1. The molecule has 3 rings (SSSR count). The molecule has 20 heavy (non-hydrogen) atoms. The van der Waals surface area contributed by atoms with Crippen molar-refractivity contribution in [2.75, 3.05) is 0 Å². The largest absolute Gasteiger partial charge is 0.419 e. The standard InChI is InChI=1S/C15H14ClNO2S/c1-2-7-17-11-6-5-10(9-12(11)19-15(17)18)14(16)13-4-3-8-20-13/h3-6,8-9,14H,2,7H2,1H3. The Bertz CT molecular complexity index is 773. The van der Waals surface area contributed by atoms with Crippen molar-refractivity contribution in [2.45, 2.75) is 25.3 Å². The van der Waals surface area contributed by atoms with E-state index in [0.717, 1.165) is 22.4 Å². The number of alkyl halides is 1. The summed E-state index contributed by atoms with van der Waals surface area (Å²) in [5, 5.41) is 1.79. The van der Waals surface area contributed by atoms with Crippen molar-refractivity contribution in [1.82, 2.24) is 4.57 Å². The van der Waals surface area contributed by atoms with Gasteiger partial charge < -0.3 is 4.42 Å². The summed E-state index contributed by atoms with van der Waals surface area (Å²) in [7, 11) is 0. The van der Waals surface area contributed by atoms with E-state index in [-0.39, 0.29) is 11.1 Å². The molecule has 3 aromatic rings. The third-order valence-electron chi connectivity index (χ3n) is 3.23. The second-order valence-corrected chi connectivity index (χ2v) is 6.04. The molecule has 1 atom stereocenters. The van der Waals surface area contributed by atoms with E-state index in [2.05, 4.69) is 0 Å². The van der Waals surface area contributed by atoms with Crippen molar-refractivity contribution in [1.29, 1.82) is 0 Å². The third-order valence-corrected chi connectivity index (χ3v) is 4.78.